The Kier molecular flexibility index (Phi) is 6.11. The summed E-state index contributed by atoms with van der Waals surface area (Å²) in [6, 6.07) is 0. The van der Waals surface area contributed by atoms with Crippen molar-refractivity contribution < 1.29 is 37.2 Å². The minimum absolute atomic E-state index is 0.980. The van der Waals surface area contributed by atoms with E-state index in [0.717, 1.165) is 7.11 Å². The van der Waals surface area contributed by atoms with Gasteiger partial charge in [0.25, 0.3) is 16.8 Å². The maximum Gasteiger partial charge on any atom is 0.380 e. The zero-order valence-electron chi connectivity index (χ0n) is 6.20. The third kappa shape index (κ3) is 4.30. The lowest BCUT2D eigenvalue weighted by Gasteiger charge is -2.21. The predicted octanol–water partition coefficient (Wildman–Crippen LogP) is 1.02. The quantitative estimate of drug-likeness (QED) is 0.549. The van der Waals surface area contributed by atoms with Gasteiger partial charge in [-0.1, -0.05) is 0 Å². The molecule has 0 aromatic rings. The molecule has 0 spiro atoms. The first-order chi connectivity index (χ1) is 5.82. The van der Waals surface area contributed by atoms with E-state index in [1.54, 1.807) is 0 Å². The van der Waals surface area contributed by atoms with Crippen molar-refractivity contribution in [3.63, 3.8) is 0 Å². The van der Waals surface area contributed by atoms with E-state index in [1.165, 1.54) is 0 Å². The van der Waals surface area contributed by atoms with Gasteiger partial charge in [-0.05, 0) is 0 Å². The van der Waals surface area contributed by atoms with Crippen molar-refractivity contribution in [3.8, 4) is 0 Å². The van der Waals surface area contributed by atoms with Crippen molar-refractivity contribution in [1.82, 2.24) is 0 Å². The highest BCUT2D eigenvalue weighted by Crippen LogP contribution is 2.67. The van der Waals surface area contributed by atoms with E-state index < -0.39 is 30.8 Å². The zero-order chi connectivity index (χ0) is 10.6. The first kappa shape index (κ1) is 13.9. The first-order valence-electron chi connectivity index (χ1n) is 2.58. The van der Waals surface area contributed by atoms with Crippen LogP contribution < -0.4 is 0 Å². The maximum atomic E-state index is 12.5. The third-order valence-electron chi connectivity index (χ3n) is 0.774. The average molecular weight is 258 g/mol. The summed E-state index contributed by atoms with van der Waals surface area (Å²) in [4.78, 5) is 33.5. The zero-order valence-corrected chi connectivity index (χ0v) is 8.89. The second-order valence-electron chi connectivity index (χ2n) is 1.57. The minimum atomic E-state index is -4.16. The maximum absolute atomic E-state index is 12.5. The van der Waals surface area contributed by atoms with Crippen molar-refractivity contribution >= 4 is 25.4 Å². The molecule has 80 valence electrons. The Morgan fingerprint density at radius 1 is 1.15 bits per heavy atom. The number of hydrogen-bond acceptors (Lipinski definition) is 6. The van der Waals surface area contributed by atoms with E-state index in [0.29, 0.717) is 0 Å². The molecule has 6 nitrogen and oxygen atoms in total. The molecule has 0 aliphatic rings. The van der Waals surface area contributed by atoms with Gasteiger partial charge in [0, 0.05) is 7.11 Å². The Labute approximate surface area is 75.9 Å². The molecule has 2 atom stereocenters. The van der Waals surface area contributed by atoms with Gasteiger partial charge in [0.05, 0.1) is 0 Å². The van der Waals surface area contributed by atoms with Gasteiger partial charge in [0.2, 0.25) is 0 Å². The Hall–Kier alpha value is 0.910. The van der Waals surface area contributed by atoms with E-state index in [4.69, 9.17) is 19.6 Å². The van der Waals surface area contributed by atoms with Gasteiger partial charge in [-0.15, -0.1) is 0 Å². The Morgan fingerprint density at radius 2 is 1.62 bits per heavy atom. The fourth-order valence-corrected chi connectivity index (χ4v) is 2.35. The number of rotatable bonds is 5. The lowest BCUT2D eigenvalue weighted by atomic mass is 11.6. The van der Waals surface area contributed by atoms with Crippen LogP contribution in [-0.4, -0.2) is 32.1 Å². The summed E-state index contributed by atoms with van der Waals surface area (Å²) < 4.78 is 32.9. The number of hydrogen-bond donors (Lipinski definition) is 4. The number of alkyl halides is 2. The van der Waals surface area contributed by atoms with Gasteiger partial charge >= 0.3 is 14.0 Å². The summed E-state index contributed by atoms with van der Waals surface area (Å²) in [5.41, 5.74) is 0. The molecule has 0 amide bonds. The van der Waals surface area contributed by atoms with Gasteiger partial charge < -0.3 is 24.1 Å². The lowest BCUT2D eigenvalue weighted by Crippen LogP contribution is -2.11. The second-order valence-corrected chi connectivity index (χ2v) is 5.67. The summed E-state index contributed by atoms with van der Waals surface area (Å²) in [5, 5.41) is -4.16. The van der Waals surface area contributed by atoms with Crippen LogP contribution in [0.25, 0.3) is 0 Å². The monoisotopic (exact) mass is 258 g/mol. The minimum Gasteiger partial charge on any atom is -0.345 e. The molecule has 0 aliphatic heterocycles. The molecule has 0 bridgehead atoms. The van der Waals surface area contributed by atoms with Crippen LogP contribution in [0.5, 0.6) is 0 Å². The molecule has 0 saturated heterocycles. The molecule has 0 aliphatic carbocycles. The highest BCUT2D eigenvalue weighted by atomic mass is 31.2. The van der Waals surface area contributed by atoms with Crippen LogP contribution in [0.1, 0.15) is 0 Å². The molecule has 0 heterocycles. The van der Waals surface area contributed by atoms with Crippen LogP contribution in [0, 0.1) is 0 Å². The Bertz CT molecular complexity index is 157. The van der Waals surface area contributed by atoms with Gasteiger partial charge in [-0.3, -0.25) is 4.31 Å². The Balaban J connectivity index is 4.16. The van der Waals surface area contributed by atoms with Crippen LogP contribution in [0.15, 0.2) is 0 Å². The molecule has 0 aromatic carbocycles. The van der Waals surface area contributed by atoms with Crippen molar-refractivity contribution in [2.45, 2.75) is 5.40 Å². The summed E-state index contributed by atoms with van der Waals surface area (Å²) in [6.45, 7) is 0. The molecule has 11 heteroatoms. The van der Waals surface area contributed by atoms with Gasteiger partial charge in [0.1, 0.15) is 0 Å². The van der Waals surface area contributed by atoms with E-state index in [1.807, 2.05) is 0 Å². The van der Waals surface area contributed by atoms with Crippen LogP contribution in [-0.2, 0) is 8.83 Å². The predicted molar refractivity (Wildman–Crippen MR) is 42.7 cm³/mol. The van der Waals surface area contributed by atoms with Crippen LogP contribution in [0.2, 0.25) is 0 Å². The van der Waals surface area contributed by atoms with Crippen molar-refractivity contribution in [1.29, 1.82) is 0 Å². The summed E-state index contributed by atoms with van der Waals surface area (Å²) in [7, 11) is -8.75. The smallest absolute Gasteiger partial charge is 0.345 e. The fraction of sp³-hybridized carbons (Fsp3) is 1.00. The molecule has 2 unspecified atom stereocenters. The fourth-order valence-electron chi connectivity index (χ4n) is 0.225. The standard InChI is InChI=1S/C2H7F2O6P3/c1-9-13(8)10-12(7)2(3,4)11(5)6/h5-8H,1H3. The van der Waals surface area contributed by atoms with Crippen molar-refractivity contribution in [2.75, 3.05) is 7.11 Å². The molecule has 13 heavy (non-hydrogen) atoms. The highest BCUT2D eigenvalue weighted by Gasteiger charge is 2.50. The normalized spacial score (nSPS) is 17.5. The van der Waals surface area contributed by atoms with Crippen LogP contribution in [0.3, 0.4) is 0 Å². The van der Waals surface area contributed by atoms with Gasteiger partial charge in [0.15, 0.2) is 0 Å². The molecule has 0 aromatic heterocycles. The largest absolute Gasteiger partial charge is 0.380 e. The molecule has 4 N–H and O–H groups in total. The average Bonchev–Trinajstić information content (AvgIpc) is 2.03. The first-order valence-corrected chi connectivity index (χ1v) is 6.17. The second kappa shape index (κ2) is 5.71. The third-order valence-corrected chi connectivity index (χ3v) is 4.26. The molecular formula is C2H7F2O6P3. The molecule has 0 radical (unpaired) electrons. The van der Waals surface area contributed by atoms with E-state index in [-0.39, 0.29) is 0 Å². The SMILES string of the molecule is COP(O)OP(O)C(F)(F)P(O)O. The van der Waals surface area contributed by atoms with E-state index in [9.17, 15) is 8.78 Å². The highest BCUT2D eigenvalue weighted by molar-refractivity contribution is 7.69. The topological polar surface area (TPSA) is 99.4 Å². The van der Waals surface area contributed by atoms with Crippen molar-refractivity contribution in [2.24, 2.45) is 0 Å². The summed E-state index contributed by atoms with van der Waals surface area (Å²) >= 11 is 0. The molecule has 0 rings (SSSR count). The molecule has 0 saturated carbocycles. The Morgan fingerprint density at radius 3 is 1.92 bits per heavy atom. The van der Waals surface area contributed by atoms with Crippen LogP contribution in [0.4, 0.5) is 8.78 Å². The van der Waals surface area contributed by atoms with Crippen molar-refractivity contribution in [3.05, 3.63) is 0 Å². The van der Waals surface area contributed by atoms with E-state index >= 15 is 0 Å². The molecule has 0 fully saturated rings. The summed E-state index contributed by atoms with van der Waals surface area (Å²) in [6.07, 6.45) is 0. The number of halogens is 2. The van der Waals surface area contributed by atoms with E-state index in [2.05, 4.69) is 8.83 Å². The van der Waals surface area contributed by atoms with Crippen LogP contribution >= 0.6 is 25.4 Å². The van der Waals surface area contributed by atoms with Gasteiger partial charge in [-0.2, -0.15) is 8.78 Å². The lowest BCUT2D eigenvalue weighted by molar-refractivity contribution is 0.141. The summed E-state index contributed by atoms with van der Waals surface area (Å²) in [5.74, 6) is 0. The molecular weight excluding hydrogens is 251 g/mol. The van der Waals surface area contributed by atoms with Gasteiger partial charge in [-0.25, -0.2) is 0 Å².